The molecule has 0 aliphatic heterocycles. The molecule has 0 heterocycles. The van der Waals surface area contributed by atoms with E-state index in [9.17, 15) is 9.59 Å². The van der Waals surface area contributed by atoms with Crippen LogP contribution in [0.1, 0.15) is 32.1 Å². The predicted molar refractivity (Wildman–Crippen MR) is 83.3 cm³/mol. The molecular weight excluding hydrogens is 292 g/mol. The van der Waals surface area contributed by atoms with Crippen molar-refractivity contribution in [3.63, 3.8) is 0 Å². The third kappa shape index (κ3) is 16.1. The molecule has 0 fully saturated rings. The van der Waals surface area contributed by atoms with Crippen molar-refractivity contribution in [2.45, 2.75) is 44.2 Å². The fraction of sp³-hybridized carbons (Fsp3) is 0.750. The van der Waals surface area contributed by atoms with Gasteiger partial charge in [0.05, 0.1) is 0 Å². The van der Waals surface area contributed by atoms with Gasteiger partial charge in [-0.05, 0) is 32.2 Å². The fourth-order valence-corrected chi connectivity index (χ4v) is 1.30. The highest BCUT2D eigenvalue weighted by molar-refractivity contribution is 5.74. The maximum absolute atomic E-state index is 10.2. The molecule has 0 amide bonds. The largest absolute Gasteiger partial charge is 0.480 e. The van der Waals surface area contributed by atoms with Crippen LogP contribution in [0.25, 0.3) is 0 Å². The lowest BCUT2D eigenvalue weighted by Crippen LogP contribution is -2.34. The second-order valence-corrected chi connectivity index (χ2v) is 4.66. The molecule has 0 aromatic carbocycles. The molecule has 0 radical (unpaired) electrons. The van der Waals surface area contributed by atoms with Crippen molar-refractivity contribution in [1.82, 2.24) is 5.32 Å². The first kappa shape index (κ1) is 22.4. The number of rotatable bonds is 10. The van der Waals surface area contributed by atoms with Gasteiger partial charge in [0.25, 0.3) is 0 Å². The zero-order valence-corrected chi connectivity index (χ0v) is 12.6. The van der Waals surface area contributed by atoms with Gasteiger partial charge in [0.1, 0.15) is 12.1 Å². The van der Waals surface area contributed by atoms with Gasteiger partial charge in [0.15, 0.2) is 5.96 Å². The molecule has 0 aliphatic carbocycles. The Morgan fingerprint density at radius 3 is 1.82 bits per heavy atom. The summed E-state index contributed by atoms with van der Waals surface area (Å²) in [7, 11) is 0. The summed E-state index contributed by atoms with van der Waals surface area (Å²) >= 11 is 0. The number of guanidine groups is 1. The Balaban J connectivity index is 0. The number of hydrogen-bond acceptors (Lipinski definition) is 6. The Labute approximate surface area is 129 Å². The molecular formula is C12H28N6O4. The molecule has 2 atom stereocenters. The van der Waals surface area contributed by atoms with Crippen LogP contribution in [-0.2, 0) is 9.59 Å². The highest BCUT2D eigenvalue weighted by atomic mass is 16.4. The molecule has 0 spiro atoms. The van der Waals surface area contributed by atoms with Crippen LogP contribution in [0.5, 0.6) is 0 Å². The van der Waals surface area contributed by atoms with E-state index in [0.29, 0.717) is 32.4 Å². The van der Waals surface area contributed by atoms with Crippen LogP contribution in [0.2, 0.25) is 0 Å². The van der Waals surface area contributed by atoms with Gasteiger partial charge in [-0.15, -0.1) is 0 Å². The number of nitrogens with two attached hydrogens (primary N) is 4. The molecule has 1 unspecified atom stereocenters. The summed E-state index contributed by atoms with van der Waals surface area (Å²) in [5.41, 5.74) is 20.6. The summed E-state index contributed by atoms with van der Waals surface area (Å²) < 4.78 is 0. The van der Waals surface area contributed by atoms with E-state index in [1.807, 2.05) is 0 Å². The minimum Gasteiger partial charge on any atom is -0.480 e. The summed E-state index contributed by atoms with van der Waals surface area (Å²) in [6.45, 7) is 1.09. The summed E-state index contributed by atoms with van der Waals surface area (Å²) in [6.07, 6.45) is 3.14. The third-order valence-electron chi connectivity index (χ3n) is 2.61. The van der Waals surface area contributed by atoms with Crippen LogP contribution in [0.15, 0.2) is 0 Å². The van der Waals surface area contributed by atoms with Crippen molar-refractivity contribution >= 4 is 17.9 Å². The van der Waals surface area contributed by atoms with E-state index < -0.39 is 24.0 Å². The first-order chi connectivity index (χ1) is 10.2. The quantitative estimate of drug-likeness (QED) is 0.129. The van der Waals surface area contributed by atoms with Crippen LogP contribution in [-0.4, -0.2) is 53.3 Å². The van der Waals surface area contributed by atoms with Gasteiger partial charge in [-0.1, -0.05) is 6.42 Å². The molecule has 0 aromatic heterocycles. The zero-order valence-electron chi connectivity index (χ0n) is 12.6. The van der Waals surface area contributed by atoms with Crippen molar-refractivity contribution < 1.29 is 19.8 Å². The number of hydrogen-bond donors (Lipinski definition) is 8. The number of nitrogens with one attached hydrogen (secondary N) is 2. The van der Waals surface area contributed by atoms with Gasteiger partial charge in [-0.3, -0.25) is 15.0 Å². The van der Waals surface area contributed by atoms with E-state index in [1.165, 1.54) is 0 Å². The van der Waals surface area contributed by atoms with Gasteiger partial charge in [0.2, 0.25) is 0 Å². The summed E-state index contributed by atoms with van der Waals surface area (Å²) in [6, 6.07) is -1.54. The van der Waals surface area contributed by atoms with E-state index >= 15 is 0 Å². The molecule has 0 aromatic rings. The van der Waals surface area contributed by atoms with Crippen LogP contribution >= 0.6 is 0 Å². The fourth-order valence-electron chi connectivity index (χ4n) is 1.30. The SMILES string of the molecule is N=C(N)NCCC[C@H](N)C(=O)O.NCCCCC(N)C(=O)O. The topological polar surface area (TPSA) is 215 Å². The smallest absolute Gasteiger partial charge is 0.320 e. The molecule has 0 aliphatic rings. The molecule has 0 rings (SSSR count). The van der Waals surface area contributed by atoms with Gasteiger partial charge in [-0.25, -0.2) is 0 Å². The monoisotopic (exact) mass is 320 g/mol. The van der Waals surface area contributed by atoms with E-state index in [1.54, 1.807) is 0 Å². The van der Waals surface area contributed by atoms with Crippen LogP contribution in [0, 0.1) is 5.41 Å². The Bertz CT molecular complexity index is 340. The second kappa shape index (κ2) is 14.0. The van der Waals surface area contributed by atoms with Gasteiger partial charge in [0, 0.05) is 6.54 Å². The van der Waals surface area contributed by atoms with Crippen molar-refractivity contribution in [2.75, 3.05) is 13.1 Å². The van der Waals surface area contributed by atoms with E-state index in [-0.39, 0.29) is 5.96 Å². The number of carboxylic acids is 2. The molecule has 12 N–H and O–H groups in total. The number of unbranched alkanes of at least 4 members (excludes halogenated alkanes) is 1. The van der Waals surface area contributed by atoms with Gasteiger partial charge < -0.3 is 38.5 Å². The van der Waals surface area contributed by atoms with Crippen LogP contribution in [0.3, 0.4) is 0 Å². The number of carbonyl (C=O) groups is 2. The summed E-state index contributed by atoms with van der Waals surface area (Å²) in [4.78, 5) is 20.4. The standard InChI is InChI=1S/C6H14N4O2.C6H14N2O2/c7-4(5(11)12)2-1-3-10-6(8)9;7-4-2-1-3-5(8)6(9)10/h4H,1-3,7H2,(H,11,12)(H4,8,9,10);5H,1-4,7-8H2,(H,9,10)/t4-;/m0./s1. The van der Waals surface area contributed by atoms with Crippen LogP contribution < -0.4 is 28.3 Å². The van der Waals surface area contributed by atoms with Crippen molar-refractivity contribution in [3.8, 4) is 0 Å². The second-order valence-electron chi connectivity index (χ2n) is 4.66. The first-order valence-electron chi connectivity index (χ1n) is 6.97. The number of carboxylic acid groups (broad SMARTS) is 2. The Kier molecular flexibility index (Phi) is 14.3. The normalized spacial score (nSPS) is 12.5. The average Bonchev–Trinajstić information content (AvgIpc) is 2.43. The highest BCUT2D eigenvalue weighted by Crippen LogP contribution is 1.97. The average molecular weight is 320 g/mol. The van der Waals surface area contributed by atoms with E-state index in [2.05, 4.69) is 5.32 Å². The molecule has 0 saturated heterocycles. The first-order valence-corrected chi connectivity index (χ1v) is 6.97. The molecule has 0 saturated carbocycles. The van der Waals surface area contributed by atoms with Crippen LogP contribution in [0.4, 0.5) is 0 Å². The molecule has 10 heteroatoms. The molecule has 130 valence electrons. The highest BCUT2D eigenvalue weighted by Gasteiger charge is 2.10. The molecule has 0 bridgehead atoms. The molecule has 22 heavy (non-hydrogen) atoms. The lowest BCUT2D eigenvalue weighted by Gasteiger charge is -2.06. The van der Waals surface area contributed by atoms with Crippen molar-refractivity contribution in [1.29, 1.82) is 5.41 Å². The number of aliphatic carboxylic acids is 2. The Hall–Kier alpha value is -1.91. The van der Waals surface area contributed by atoms with Gasteiger partial charge >= 0.3 is 11.9 Å². The Morgan fingerprint density at radius 2 is 1.45 bits per heavy atom. The van der Waals surface area contributed by atoms with E-state index in [0.717, 1.165) is 12.8 Å². The Morgan fingerprint density at radius 1 is 1.00 bits per heavy atom. The predicted octanol–water partition coefficient (Wildman–Crippen LogP) is -1.81. The maximum atomic E-state index is 10.2. The summed E-state index contributed by atoms with van der Waals surface area (Å²) in [5.74, 6) is -2.05. The third-order valence-corrected chi connectivity index (χ3v) is 2.61. The molecule has 10 nitrogen and oxygen atoms in total. The van der Waals surface area contributed by atoms with Crippen molar-refractivity contribution in [2.24, 2.45) is 22.9 Å². The lowest BCUT2D eigenvalue weighted by atomic mass is 10.1. The van der Waals surface area contributed by atoms with E-state index in [4.69, 9.17) is 38.6 Å². The summed E-state index contributed by atoms with van der Waals surface area (Å²) in [5, 5.41) is 26.0. The van der Waals surface area contributed by atoms with Crippen molar-refractivity contribution in [3.05, 3.63) is 0 Å². The minimum absolute atomic E-state index is 0.112. The maximum Gasteiger partial charge on any atom is 0.320 e. The minimum atomic E-state index is -1.00. The van der Waals surface area contributed by atoms with Gasteiger partial charge in [-0.2, -0.15) is 0 Å². The lowest BCUT2D eigenvalue weighted by molar-refractivity contribution is -0.139. The zero-order chi connectivity index (χ0) is 17.5.